The average Bonchev–Trinajstić information content (AvgIpc) is 3.05. The lowest BCUT2D eigenvalue weighted by Crippen LogP contribution is -2.33. The monoisotopic (exact) mass is 248 g/mol. The highest BCUT2D eigenvalue weighted by atomic mass is 16.5. The van der Waals surface area contributed by atoms with Crippen LogP contribution in [-0.4, -0.2) is 42.4 Å². The molecule has 3 rings (SSSR count). The third-order valence-electron chi connectivity index (χ3n) is 3.28. The highest BCUT2D eigenvalue weighted by Crippen LogP contribution is 2.20. The van der Waals surface area contributed by atoms with Crippen molar-refractivity contribution in [1.82, 2.24) is 29.8 Å². The number of hydrogen-bond acceptors (Lipinski definition) is 6. The van der Waals surface area contributed by atoms with E-state index in [0.29, 0.717) is 11.9 Å². The van der Waals surface area contributed by atoms with Crippen LogP contribution in [0.25, 0.3) is 0 Å². The first-order valence-electron chi connectivity index (χ1n) is 6.17. The zero-order valence-electron chi connectivity index (χ0n) is 10.4. The first-order valence-corrected chi connectivity index (χ1v) is 6.17. The summed E-state index contributed by atoms with van der Waals surface area (Å²) < 4.78 is 6.88. The van der Waals surface area contributed by atoms with E-state index in [1.807, 2.05) is 11.6 Å². The van der Waals surface area contributed by atoms with Gasteiger partial charge in [0.1, 0.15) is 12.7 Å². The van der Waals surface area contributed by atoms with Crippen LogP contribution in [0, 0.1) is 6.92 Å². The number of hydrogen-bond donors (Lipinski definition) is 0. The number of rotatable bonds is 4. The van der Waals surface area contributed by atoms with Gasteiger partial charge >= 0.3 is 0 Å². The molecule has 0 unspecified atom stereocenters. The second-order valence-electron chi connectivity index (χ2n) is 4.61. The van der Waals surface area contributed by atoms with Crippen molar-refractivity contribution in [2.45, 2.75) is 38.9 Å². The Kier molecular flexibility index (Phi) is 3.06. The summed E-state index contributed by atoms with van der Waals surface area (Å²) in [7, 11) is 0. The van der Waals surface area contributed by atoms with Gasteiger partial charge in [-0.25, -0.2) is 4.98 Å². The maximum Gasteiger partial charge on any atom is 0.223 e. The van der Waals surface area contributed by atoms with Crippen molar-refractivity contribution in [3.05, 3.63) is 24.4 Å². The maximum atomic E-state index is 5.00. The molecule has 0 amide bonds. The Labute approximate surface area is 105 Å². The summed E-state index contributed by atoms with van der Waals surface area (Å²) in [5.74, 6) is 1.38. The highest BCUT2D eigenvalue weighted by Gasteiger charge is 2.26. The van der Waals surface area contributed by atoms with Crippen molar-refractivity contribution in [2.75, 3.05) is 6.54 Å². The van der Waals surface area contributed by atoms with Crippen molar-refractivity contribution in [3.63, 3.8) is 0 Å². The Hall–Kier alpha value is -1.76. The van der Waals surface area contributed by atoms with Gasteiger partial charge in [-0.15, -0.1) is 0 Å². The number of nitrogens with zero attached hydrogens (tertiary/aromatic N) is 6. The zero-order chi connectivity index (χ0) is 12.4. The van der Waals surface area contributed by atoms with E-state index in [1.165, 1.54) is 12.8 Å². The molecule has 0 spiro atoms. The molecule has 0 aliphatic carbocycles. The predicted molar refractivity (Wildman–Crippen MR) is 62.5 cm³/mol. The van der Waals surface area contributed by atoms with E-state index in [1.54, 1.807) is 12.7 Å². The normalized spacial score (nSPS) is 20.6. The van der Waals surface area contributed by atoms with Gasteiger partial charge in [-0.2, -0.15) is 10.1 Å². The number of aryl methyl sites for hydroxylation is 1. The van der Waals surface area contributed by atoms with E-state index in [4.69, 9.17) is 4.52 Å². The maximum absolute atomic E-state index is 5.00. The molecular formula is C11H16N6O. The Balaban J connectivity index is 1.64. The first kappa shape index (κ1) is 11.3. The van der Waals surface area contributed by atoms with E-state index in [0.717, 1.165) is 25.5 Å². The Morgan fingerprint density at radius 1 is 1.50 bits per heavy atom. The molecule has 0 aromatic carbocycles. The Morgan fingerprint density at radius 3 is 3.17 bits per heavy atom. The van der Waals surface area contributed by atoms with Gasteiger partial charge in [0.05, 0.1) is 13.1 Å². The van der Waals surface area contributed by atoms with Gasteiger partial charge in [-0.1, -0.05) is 5.16 Å². The standard InChI is InChI=1S/C11H16N6O/c1-9-14-11(15-18-9)6-16-4-2-3-10(16)5-17-8-12-7-13-17/h7-8,10H,2-6H2,1H3/t10-/m0/s1. The molecule has 3 heterocycles. The SMILES string of the molecule is Cc1nc(CN2CCC[C@H]2Cn2cncn2)no1. The summed E-state index contributed by atoms with van der Waals surface area (Å²) in [6, 6.07) is 0.477. The van der Waals surface area contributed by atoms with Crippen LogP contribution in [0.3, 0.4) is 0 Å². The summed E-state index contributed by atoms with van der Waals surface area (Å²) in [6.45, 7) is 4.51. The lowest BCUT2D eigenvalue weighted by molar-refractivity contribution is 0.211. The van der Waals surface area contributed by atoms with Gasteiger partial charge in [0.15, 0.2) is 5.82 Å². The van der Waals surface area contributed by atoms with Gasteiger partial charge in [0.25, 0.3) is 0 Å². The topological polar surface area (TPSA) is 72.9 Å². The van der Waals surface area contributed by atoms with Crippen LogP contribution in [0.4, 0.5) is 0 Å². The third-order valence-corrected chi connectivity index (χ3v) is 3.28. The molecule has 0 N–H and O–H groups in total. The molecule has 1 atom stereocenters. The molecule has 18 heavy (non-hydrogen) atoms. The zero-order valence-corrected chi connectivity index (χ0v) is 10.4. The van der Waals surface area contributed by atoms with Crippen LogP contribution in [0.5, 0.6) is 0 Å². The molecule has 1 aliphatic rings. The van der Waals surface area contributed by atoms with Gasteiger partial charge in [-0.3, -0.25) is 9.58 Å². The summed E-state index contributed by atoms with van der Waals surface area (Å²) >= 11 is 0. The van der Waals surface area contributed by atoms with Crippen LogP contribution in [0.2, 0.25) is 0 Å². The minimum absolute atomic E-state index is 0.477. The van der Waals surface area contributed by atoms with Crippen molar-refractivity contribution < 1.29 is 4.52 Å². The largest absolute Gasteiger partial charge is 0.340 e. The molecular weight excluding hydrogens is 232 g/mol. The second kappa shape index (κ2) is 4.85. The summed E-state index contributed by atoms with van der Waals surface area (Å²) in [5, 5.41) is 8.10. The lowest BCUT2D eigenvalue weighted by Gasteiger charge is -2.22. The fraction of sp³-hybridized carbons (Fsp3) is 0.636. The number of likely N-dealkylation sites (tertiary alicyclic amines) is 1. The number of aromatic nitrogens is 5. The van der Waals surface area contributed by atoms with Crippen molar-refractivity contribution >= 4 is 0 Å². The molecule has 1 aliphatic heterocycles. The third kappa shape index (κ3) is 2.40. The van der Waals surface area contributed by atoms with Crippen LogP contribution in [0.1, 0.15) is 24.6 Å². The van der Waals surface area contributed by atoms with E-state index >= 15 is 0 Å². The lowest BCUT2D eigenvalue weighted by atomic mass is 10.2. The van der Waals surface area contributed by atoms with Crippen molar-refractivity contribution in [2.24, 2.45) is 0 Å². The van der Waals surface area contributed by atoms with E-state index < -0.39 is 0 Å². The molecule has 96 valence electrons. The van der Waals surface area contributed by atoms with E-state index in [2.05, 4.69) is 25.1 Å². The molecule has 0 bridgehead atoms. The fourth-order valence-electron chi connectivity index (χ4n) is 2.44. The quantitative estimate of drug-likeness (QED) is 0.790. The van der Waals surface area contributed by atoms with Crippen LogP contribution in [0.15, 0.2) is 17.2 Å². The summed E-state index contributed by atoms with van der Waals surface area (Å²) in [4.78, 5) is 10.6. The van der Waals surface area contributed by atoms with Crippen LogP contribution in [-0.2, 0) is 13.1 Å². The average molecular weight is 248 g/mol. The predicted octanol–water partition coefficient (Wildman–Crippen LogP) is 0.634. The van der Waals surface area contributed by atoms with Crippen molar-refractivity contribution in [3.8, 4) is 0 Å². The fourth-order valence-corrected chi connectivity index (χ4v) is 2.44. The first-order chi connectivity index (χ1) is 8.81. The van der Waals surface area contributed by atoms with Crippen molar-refractivity contribution in [1.29, 1.82) is 0 Å². The van der Waals surface area contributed by atoms with Crippen LogP contribution < -0.4 is 0 Å². The minimum atomic E-state index is 0.477. The summed E-state index contributed by atoms with van der Waals surface area (Å²) in [5.41, 5.74) is 0. The van der Waals surface area contributed by atoms with Gasteiger partial charge in [-0.05, 0) is 19.4 Å². The van der Waals surface area contributed by atoms with Gasteiger partial charge in [0, 0.05) is 13.0 Å². The molecule has 7 nitrogen and oxygen atoms in total. The summed E-state index contributed by atoms with van der Waals surface area (Å²) in [6.07, 6.45) is 5.71. The van der Waals surface area contributed by atoms with Gasteiger partial charge in [0.2, 0.25) is 5.89 Å². The Morgan fingerprint density at radius 2 is 2.44 bits per heavy atom. The smallest absolute Gasteiger partial charge is 0.223 e. The van der Waals surface area contributed by atoms with Crippen LogP contribution >= 0.6 is 0 Å². The van der Waals surface area contributed by atoms with Gasteiger partial charge < -0.3 is 4.52 Å². The highest BCUT2D eigenvalue weighted by molar-refractivity contribution is 4.88. The van der Waals surface area contributed by atoms with E-state index in [9.17, 15) is 0 Å². The molecule has 7 heteroatoms. The van der Waals surface area contributed by atoms with E-state index in [-0.39, 0.29) is 0 Å². The minimum Gasteiger partial charge on any atom is -0.340 e. The Bertz CT molecular complexity index is 493. The molecule has 1 saturated heterocycles. The molecule has 0 saturated carbocycles. The molecule has 2 aromatic rings. The molecule has 1 fully saturated rings. The molecule has 0 radical (unpaired) electrons. The second-order valence-corrected chi connectivity index (χ2v) is 4.61. The molecule has 2 aromatic heterocycles.